The molecule has 1 aliphatic heterocycles. The van der Waals surface area contributed by atoms with Gasteiger partial charge in [0.15, 0.2) is 0 Å². The second-order valence-corrected chi connectivity index (χ2v) is 6.33. The number of aryl methyl sites for hydroxylation is 1. The maximum absolute atomic E-state index is 12.4. The molecule has 2 heterocycles. The minimum absolute atomic E-state index is 0.117. The van der Waals surface area contributed by atoms with Crippen LogP contribution in [0.3, 0.4) is 0 Å². The number of aromatic nitrogens is 2. The first kappa shape index (κ1) is 17.6. The first-order valence-corrected chi connectivity index (χ1v) is 8.15. The summed E-state index contributed by atoms with van der Waals surface area (Å²) in [5.74, 6) is -0.191. The average molecular weight is 354 g/mol. The summed E-state index contributed by atoms with van der Waals surface area (Å²) in [5.41, 5.74) is 1.71. The van der Waals surface area contributed by atoms with E-state index in [1.165, 1.54) is 12.1 Å². The Kier molecular flexibility index (Phi) is 4.89. The van der Waals surface area contributed by atoms with Crippen LogP contribution in [0.25, 0.3) is 0 Å². The number of halogens is 3. The van der Waals surface area contributed by atoms with Crippen molar-refractivity contribution in [1.29, 1.82) is 0 Å². The molecule has 1 saturated heterocycles. The number of nitrogens with zero attached hydrogens (tertiary/aromatic N) is 3. The Labute approximate surface area is 144 Å². The Morgan fingerprint density at radius 1 is 1.36 bits per heavy atom. The summed E-state index contributed by atoms with van der Waals surface area (Å²) in [5, 5.41) is 3.53. The summed E-state index contributed by atoms with van der Waals surface area (Å²) in [6, 6.07) is 6.49. The summed E-state index contributed by atoms with van der Waals surface area (Å²) in [6.45, 7) is 3.57. The van der Waals surface area contributed by atoms with E-state index in [0.717, 1.165) is 30.9 Å². The highest BCUT2D eigenvalue weighted by Gasteiger charge is 2.31. The maximum atomic E-state index is 12.4. The number of nitrogens with one attached hydrogen (secondary N) is 1. The van der Waals surface area contributed by atoms with Crippen LogP contribution in [-0.2, 0) is 7.05 Å². The molecule has 0 radical (unpaired) electrons. The number of hydrogen-bond donors (Lipinski definition) is 1. The largest absolute Gasteiger partial charge is 0.573 e. The molecular formula is C17H21F3N4O. The van der Waals surface area contributed by atoms with Crippen LogP contribution in [0, 0.1) is 0 Å². The van der Waals surface area contributed by atoms with E-state index in [1.54, 1.807) is 18.5 Å². The lowest BCUT2D eigenvalue weighted by atomic mass is 10.2. The first-order valence-electron chi connectivity index (χ1n) is 8.15. The SMILES string of the molecule is CC(NC1CCN(c2cccc(OC(F)(F)F)c2)C1)c1cn(C)cn1. The normalized spacial score (nSPS) is 19.2. The van der Waals surface area contributed by atoms with E-state index in [2.05, 4.69) is 26.9 Å². The number of hydrogen-bond acceptors (Lipinski definition) is 4. The van der Waals surface area contributed by atoms with Crippen LogP contribution in [0.1, 0.15) is 25.1 Å². The van der Waals surface area contributed by atoms with E-state index < -0.39 is 6.36 Å². The van der Waals surface area contributed by atoms with Crippen molar-refractivity contribution in [2.24, 2.45) is 7.05 Å². The van der Waals surface area contributed by atoms with Crippen molar-refractivity contribution in [1.82, 2.24) is 14.9 Å². The minimum atomic E-state index is -4.67. The van der Waals surface area contributed by atoms with E-state index in [-0.39, 0.29) is 17.8 Å². The Hall–Kier alpha value is -2.22. The van der Waals surface area contributed by atoms with Crippen LogP contribution < -0.4 is 15.0 Å². The molecule has 1 N–H and O–H groups in total. The Morgan fingerprint density at radius 3 is 2.84 bits per heavy atom. The molecule has 0 spiro atoms. The molecule has 0 aliphatic carbocycles. The summed E-state index contributed by atoms with van der Waals surface area (Å²) in [7, 11) is 1.93. The molecule has 1 aromatic carbocycles. The fourth-order valence-electron chi connectivity index (χ4n) is 3.10. The Bertz CT molecular complexity index is 716. The monoisotopic (exact) mass is 354 g/mol. The highest BCUT2D eigenvalue weighted by molar-refractivity contribution is 5.51. The summed E-state index contributed by atoms with van der Waals surface area (Å²) >= 11 is 0. The van der Waals surface area contributed by atoms with Crippen LogP contribution in [0.15, 0.2) is 36.8 Å². The number of alkyl halides is 3. The van der Waals surface area contributed by atoms with E-state index >= 15 is 0 Å². The van der Waals surface area contributed by atoms with Gasteiger partial charge in [0, 0.05) is 50.2 Å². The van der Waals surface area contributed by atoms with Crippen LogP contribution in [0.5, 0.6) is 5.75 Å². The molecule has 0 amide bonds. The Morgan fingerprint density at radius 2 is 2.16 bits per heavy atom. The van der Waals surface area contributed by atoms with Gasteiger partial charge in [-0.2, -0.15) is 0 Å². The van der Waals surface area contributed by atoms with E-state index in [0.29, 0.717) is 0 Å². The van der Waals surface area contributed by atoms with Gasteiger partial charge in [-0.25, -0.2) is 4.98 Å². The quantitative estimate of drug-likeness (QED) is 0.895. The van der Waals surface area contributed by atoms with Gasteiger partial charge in [-0.3, -0.25) is 0 Å². The summed E-state index contributed by atoms with van der Waals surface area (Å²) in [4.78, 5) is 6.41. The molecule has 0 saturated carbocycles. The molecule has 2 atom stereocenters. The summed E-state index contributed by atoms with van der Waals surface area (Å²) < 4.78 is 43.0. The second kappa shape index (κ2) is 6.95. The zero-order chi connectivity index (χ0) is 18.0. The van der Waals surface area contributed by atoms with Gasteiger partial charge in [-0.05, 0) is 25.5 Å². The molecule has 136 valence electrons. The predicted octanol–water partition coefficient (Wildman–Crippen LogP) is 3.25. The first-order chi connectivity index (χ1) is 11.8. The lowest BCUT2D eigenvalue weighted by molar-refractivity contribution is -0.274. The molecule has 1 aromatic heterocycles. The van der Waals surface area contributed by atoms with Crippen LogP contribution >= 0.6 is 0 Å². The molecule has 5 nitrogen and oxygen atoms in total. The van der Waals surface area contributed by atoms with Crippen molar-refractivity contribution in [3.8, 4) is 5.75 Å². The van der Waals surface area contributed by atoms with Gasteiger partial charge in [-0.15, -0.1) is 13.2 Å². The third-order valence-corrected chi connectivity index (χ3v) is 4.26. The third kappa shape index (κ3) is 4.66. The number of ether oxygens (including phenoxy) is 1. The van der Waals surface area contributed by atoms with Crippen molar-refractivity contribution in [2.45, 2.75) is 31.8 Å². The van der Waals surface area contributed by atoms with Gasteiger partial charge < -0.3 is 19.5 Å². The molecule has 1 aliphatic rings. The van der Waals surface area contributed by atoms with Crippen molar-refractivity contribution >= 4 is 5.69 Å². The van der Waals surface area contributed by atoms with Gasteiger partial charge in [0.25, 0.3) is 0 Å². The zero-order valence-corrected chi connectivity index (χ0v) is 14.1. The second-order valence-electron chi connectivity index (χ2n) is 6.33. The molecule has 0 bridgehead atoms. The van der Waals surface area contributed by atoms with E-state index in [9.17, 15) is 13.2 Å². The van der Waals surface area contributed by atoms with Crippen LogP contribution in [0.2, 0.25) is 0 Å². The van der Waals surface area contributed by atoms with E-state index in [4.69, 9.17) is 0 Å². The highest BCUT2D eigenvalue weighted by atomic mass is 19.4. The van der Waals surface area contributed by atoms with Gasteiger partial charge >= 0.3 is 6.36 Å². The topological polar surface area (TPSA) is 42.3 Å². The maximum Gasteiger partial charge on any atom is 0.573 e. The number of anilines is 1. The van der Waals surface area contributed by atoms with Gasteiger partial charge in [0.05, 0.1) is 12.0 Å². The lowest BCUT2D eigenvalue weighted by Crippen LogP contribution is -2.34. The van der Waals surface area contributed by atoms with Crippen LogP contribution in [-0.4, -0.2) is 35.0 Å². The van der Waals surface area contributed by atoms with Crippen LogP contribution in [0.4, 0.5) is 18.9 Å². The van der Waals surface area contributed by atoms with Gasteiger partial charge in [0.2, 0.25) is 0 Å². The predicted molar refractivity (Wildman–Crippen MR) is 88.5 cm³/mol. The van der Waals surface area contributed by atoms with Crippen molar-refractivity contribution in [2.75, 3.05) is 18.0 Å². The molecular weight excluding hydrogens is 333 g/mol. The molecule has 3 rings (SSSR count). The number of benzene rings is 1. The fraction of sp³-hybridized carbons (Fsp3) is 0.471. The molecule has 1 fully saturated rings. The number of rotatable bonds is 5. The van der Waals surface area contributed by atoms with Crippen molar-refractivity contribution in [3.05, 3.63) is 42.5 Å². The van der Waals surface area contributed by atoms with E-state index in [1.807, 2.05) is 17.8 Å². The van der Waals surface area contributed by atoms with Gasteiger partial charge in [-0.1, -0.05) is 6.07 Å². The molecule has 25 heavy (non-hydrogen) atoms. The van der Waals surface area contributed by atoms with Crippen molar-refractivity contribution < 1.29 is 17.9 Å². The molecule has 8 heteroatoms. The average Bonchev–Trinajstić information content (AvgIpc) is 3.15. The fourth-order valence-corrected chi connectivity index (χ4v) is 3.10. The third-order valence-electron chi connectivity index (χ3n) is 4.26. The highest BCUT2D eigenvalue weighted by Crippen LogP contribution is 2.29. The molecule has 2 aromatic rings. The molecule has 2 unspecified atom stereocenters. The Balaban J connectivity index is 1.60. The summed E-state index contributed by atoms with van der Waals surface area (Å²) in [6.07, 6.45) is -0.0175. The number of imidazole rings is 1. The lowest BCUT2D eigenvalue weighted by Gasteiger charge is -2.21. The van der Waals surface area contributed by atoms with Gasteiger partial charge in [0.1, 0.15) is 5.75 Å². The zero-order valence-electron chi connectivity index (χ0n) is 14.1. The standard InChI is InChI=1S/C17H21F3N4O/c1-12(16-10-23(2)11-21-16)22-13-6-7-24(9-13)14-4-3-5-15(8-14)25-17(18,19)20/h3-5,8,10-13,22H,6-7,9H2,1-2H3. The van der Waals surface area contributed by atoms with Crippen molar-refractivity contribution in [3.63, 3.8) is 0 Å². The smallest absolute Gasteiger partial charge is 0.406 e. The minimum Gasteiger partial charge on any atom is -0.406 e.